The number of pyridine rings is 1. The molecule has 0 atom stereocenters. The van der Waals surface area contributed by atoms with Crippen LogP contribution in [0.2, 0.25) is 0 Å². The minimum absolute atomic E-state index is 0.0444. The lowest BCUT2D eigenvalue weighted by atomic mass is 10.0. The van der Waals surface area contributed by atoms with Crippen molar-refractivity contribution in [1.29, 1.82) is 0 Å². The van der Waals surface area contributed by atoms with Crippen LogP contribution < -0.4 is 16.2 Å². The van der Waals surface area contributed by atoms with Crippen LogP contribution in [0.25, 0.3) is 10.9 Å². The lowest BCUT2D eigenvalue weighted by Gasteiger charge is -2.17. The average Bonchev–Trinajstić information content (AvgIpc) is 3.44. The van der Waals surface area contributed by atoms with Gasteiger partial charge in [0.15, 0.2) is 0 Å². The minimum Gasteiger partial charge on any atom is -0.325 e. The summed E-state index contributed by atoms with van der Waals surface area (Å²) in [6.07, 6.45) is 3.94. The molecule has 6 nitrogen and oxygen atoms in total. The molecule has 0 spiro atoms. The summed E-state index contributed by atoms with van der Waals surface area (Å²) in [4.78, 5) is 40.5. The summed E-state index contributed by atoms with van der Waals surface area (Å²) in [5, 5.41) is 6.57. The number of anilines is 2. The van der Waals surface area contributed by atoms with Crippen molar-refractivity contribution >= 4 is 34.1 Å². The quantitative estimate of drug-likeness (QED) is 0.205. The predicted octanol–water partition coefficient (Wildman–Crippen LogP) is 6.80. The topological polar surface area (TPSA) is 80.2 Å². The Hall–Kier alpha value is -4.97. The standard InChI is InChI=1S/C37H35N3O3/c1-2-25-15-17-26(18-16-25)23-35(41)39-33-13-8-14-34-31(33)24-32(36(42)38-30-11-4-3-5-12-30)37(43)40(34)20-19-27-21-28-9-6-7-10-29(28)22-27/h3-18,24,27H,2,19-23H2,1H3,(H,38,42)(H,39,41). The summed E-state index contributed by atoms with van der Waals surface area (Å²) in [5.41, 5.74) is 6.47. The zero-order valence-corrected chi connectivity index (χ0v) is 24.3. The highest BCUT2D eigenvalue weighted by Gasteiger charge is 2.23. The van der Waals surface area contributed by atoms with Crippen LogP contribution in [0.1, 0.15) is 46.0 Å². The van der Waals surface area contributed by atoms with E-state index in [1.165, 1.54) is 16.7 Å². The highest BCUT2D eigenvalue weighted by Crippen LogP contribution is 2.30. The van der Waals surface area contributed by atoms with Crippen molar-refractivity contribution in [2.45, 2.75) is 45.6 Å². The number of fused-ring (bicyclic) bond motifs is 2. The number of amides is 2. The zero-order valence-electron chi connectivity index (χ0n) is 24.3. The molecule has 43 heavy (non-hydrogen) atoms. The molecule has 1 aromatic heterocycles. The molecular formula is C37H35N3O3. The molecule has 1 aliphatic carbocycles. The third kappa shape index (κ3) is 6.28. The van der Waals surface area contributed by atoms with Gasteiger partial charge in [-0.05, 0) is 84.2 Å². The fraction of sp³-hybridized carbons (Fsp3) is 0.216. The molecule has 1 heterocycles. The fourth-order valence-corrected chi connectivity index (χ4v) is 6.05. The maximum atomic E-state index is 13.9. The van der Waals surface area contributed by atoms with Crippen LogP contribution in [0, 0.1) is 5.92 Å². The number of nitrogens with zero attached hydrogens (tertiary/aromatic N) is 1. The van der Waals surface area contributed by atoms with E-state index in [-0.39, 0.29) is 23.5 Å². The van der Waals surface area contributed by atoms with E-state index in [2.05, 4.69) is 41.8 Å². The van der Waals surface area contributed by atoms with Gasteiger partial charge in [-0.15, -0.1) is 0 Å². The lowest BCUT2D eigenvalue weighted by molar-refractivity contribution is -0.115. The Bertz CT molecular complexity index is 1820. The first-order valence-electron chi connectivity index (χ1n) is 15.0. The van der Waals surface area contributed by atoms with E-state index < -0.39 is 5.91 Å². The number of para-hydroxylation sites is 1. The summed E-state index contributed by atoms with van der Waals surface area (Å²) in [5.74, 6) is -0.214. The molecule has 5 aromatic rings. The number of carbonyl (C=O) groups is 2. The van der Waals surface area contributed by atoms with Crippen molar-refractivity contribution in [1.82, 2.24) is 4.57 Å². The molecule has 0 unspecified atom stereocenters. The summed E-state index contributed by atoms with van der Waals surface area (Å²) in [6.45, 7) is 2.57. The van der Waals surface area contributed by atoms with Crippen LogP contribution in [0.15, 0.2) is 108 Å². The summed E-state index contributed by atoms with van der Waals surface area (Å²) < 4.78 is 1.71. The van der Waals surface area contributed by atoms with Crippen LogP contribution >= 0.6 is 0 Å². The first-order valence-corrected chi connectivity index (χ1v) is 15.0. The number of aryl methyl sites for hydroxylation is 2. The van der Waals surface area contributed by atoms with Gasteiger partial charge in [0.05, 0.1) is 17.6 Å². The number of rotatable bonds is 9. The Morgan fingerprint density at radius 1 is 0.791 bits per heavy atom. The maximum Gasteiger partial charge on any atom is 0.263 e. The van der Waals surface area contributed by atoms with Crippen molar-refractivity contribution in [3.8, 4) is 0 Å². The second-order valence-corrected chi connectivity index (χ2v) is 11.3. The van der Waals surface area contributed by atoms with Crippen LogP contribution in [0.4, 0.5) is 11.4 Å². The second-order valence-electron chi connectivity index (χ2n) is 11.3. The highest BCUT2D eigenvalue weighted by molar-refractivity contribution is 6.08. The van der Waals surface area contributed by atoms with E-state index >= 15 is 0 Å². The SMILES string of the molecule is CCc1ccc(CC(=O)Nc2cccc3c2cc(C(=O)Nc2ccccc2)c(=O)n3CCC2Cc3ccccc3C2)cc1. The van der Waals surface area contributed by atoms with Gasteiger partial charge in [0.2, 0.25) is 5.91 Å². The van der Waals surface area contributed by atoms with E-state index in [1.807, 2.05) is 60.7 Å². The number of hydrogen-bond donors (Lipinski definition) is 2. The van der Waals surface area contributed by atoms with Crippen molar-refractivity contribution in [2.75, 3.05) is 10.6 Å². The van der Waals surface area contributed by atoms with E-state index in [4.69, 9.17) is 0 Å². The van der Waals surface area contributed by atoms with Crippen molar-refractivity contribution in [3.63, 3.8) is 0 Å². The molecule has 6 heteroatoms. The molecule has 1 aliphatic rings. The van der Waals surface area contributed by atoms with Gasteiger partial charge >= 0.3 is 0 Å². The van der Waals surface area contributed by atoms with Crippen LogP contribution in [-0.2, 0) is 37.0 Å². The van der Waals surface area contributed by atoms with Crippen molar-refractivity contribution in [3.05, 3.63) is 141 Å². The molecule has 0 bridgehead atoms. The van der Waals surface area contributed by atoms with Gasteiger partial charge in [0.1, 0.15) is 5.56 Å². The number of aromatic nitrogens is 1. The minimum atomic E-state index is -0.475. The van der Waals surface area contributed by atoms with Gasteiger partial charge in [0.25, 0.3) is 11.5 Å². The predicted molar refractivity (Wildman–Crippen MR) is 173 cm³/mol. The van der Waals surface area contributed by atoms with Crippen molar-refractivity contribution in [2.24, 2.45) is 5.92 Å². The van der Waals surface area contributed by atoms with E-state index in [0.717, 1.165) is 31.2 Å². The van der Waals surface area contributed by atoms with E-state index in [9.17, 15) is 14.4 Å². The molecule has 0 fully saturated rings. The van der Waals surface area contributed by atoms with Crippen molar-refractivity contribution < 1.29 is 9.59 Å². The van der Waals surface area contributed by atoms with Gasteiger partial charge in [-0.1, -0.05) is 79.7 Å². The molecule has 6 rings (SSSR count). The second kappa shape index (κ2) is 12.5. The Kier molecular flexibility index (Phi) is 8.18. The Balaban J connectivity index is 1.32. The normalized spacial score (nSPS) is 12.7. The molecule has 2 amide bonds. The highest BCUT2D eigenvalue weighted by atomic mass is 16.2. The number of benzene rings is 4. The van der Waals surface area contributed by atoms with Gasteiger partial charge < -0.3 is 15.2 Å². The van der Waals surface area contributed by atoms with Gasteiger partial charge in [-0.3, -0.25) is 14.4 Å². The lowest BCUT2D eigenvalue weighted by Crippen LogP contribution is -2.30. The zero-order chi connectivity index (χ0) is 29.8. The largest absolute Gasteiger partial charge is 0.325 e. The number of carbonyl (C=O) groups excluding carboxylic acids is 2. The summed E-state index contributed by atoms with van der Waals surface area (Å²) >= 11 is 0. The molecular weight excluding hydrogens is 534 g/mol. The Morgan fingerprint density at radius 3 is 2.16 bits per heavy atom. The van der Waals surface area contributed by atoms with Crippen LogP contribution in [-0.4, -0.2) is 16.4 Å². The van der Waals surface area contributed by atoms with E-state index in [0.29, 0.717) is 34.7 Å². The Morgan fingerprint density at radius 2 is 1.47 bits per heavy atom. The Labute approximate surface area is 251 Å². The third-order valence-corrected chi connectivity index (χ3v) is 8.38. The van der Waals surface area contributed by atoms with Gasteiger partial charge in [0, 0.05) is 17.6 Å². The monoisotopic (exact) mass is 569 g/mol. The van der Waals surface area contributed by atoms with Gasteiger partial charge in [-0.2, -0.15) is 0 Å². The molecule has 0 radical (unpaired) electrons. The summed E-state index contributed by atoms with van der Waals surface area (Å²) in [6, 6.07) is 32.8. The maximum absolute atomic E-state index is 13.9. The smallest absolute Gasteiger partial charge is 0.263 e. The third-order valence-electron chi connectivity index (χ3n) is 8.38. The molecule has 0 saturated carbocycles. The van der Waals surface area contributed by atoms with Crippen LogP contribution in [0.5, 0.6) is 0 Å². The molecule has 2 N–H and O–H groups in total. The summed E-state index contributed by atoms with van der Waals surface area (Å²) in [7, 11) is 0. The molecule has 0 saturated heterocycles. The molecule has 0 aliphatic heterocycles. The first kappa shape index (κ1) is 28.2. The van der Waals surface area contributed by atoms with Gasteiger partial charge in [-0.25, -0.2) is 0 Å². The molecule has 216 valence electrons. The number of nitrogens with one attached hydrogen (secondary N) is 2. The average molecular weight is 570 g/mol. The number of hydrogen-bond acceptors (Lipinski definition) is 3. The first-order chi connectivity index (χ1) is 21.0. The molecule has 4 aromatic carbocycles. The van der Waals surface area contributed by atoms with Crippen LogP contribution in [0.3, 0.4) is 0 Å². The van der Waals surface area contributed by atoms with E-state index in [1.54, 1.807) is 22.8 Å². The fourth-order valence-electron chi connectivity index (χ4n) is 6.05.